The van der Waals surface area contributed by atoms with Crippen LogP contribution in [0, 0.1) is 5.82 Å². The van der Waals surface area contributed by atoms with E-state index in [0.29, 0.717) is 22.3 Å². The molecule has 0 heterocycles. The van der Waals surface area contributed by atoms with Gasteiger partial charge in [-0.2, -0.15) is 0 Å². The van der Waals surface area contributed by atoms with E-state index in [1.165, 1.54) is 12.1 Å². The fourth-order valence-electron chi connectivity index (χ4n) is 2.02. The number of nitrogen functional groups attached to an aromatic ring is 1. The molecule has 0 bridgehead atoms. The maximum absolute atomic E-state index is 13.2. The van der Waals surface area contributed by atoms with Crippen LogP contribution in [0.5, 0.6) is 0 Å². The summed E-state index contributed by atoms with van der Waals surface area (Å²) in [6.45, 7) is 1.96. The van der Waals surface area contributed by atoms with Crippen LogP contribution in [0.3, 0.4) is 0 Å². The van der Waals surface area contributed by atoms with Crippen molar-refractivity contribution in [3.63, 3.8) is 0 Å². The lowest BCUT2D eigenvalue weighted by molar-refractivity contribution is -0.116. The van der Waals surface area contributed by atoms with Crippen LogP contribution >= 0.6 is 15.9 Å². The van der Waals surface area contributed by atoms with Crippen LogP contribution in [-0.2, 0) is 4.79 Å². The van der Waals surface area contributed by atoms with Crippen molar-refractivity contribution in [3.05, 3.63) is 58.3 Å². The Balaban J connectivity index is 2.01. The van der Waals surface area contributed by atoms with Gasteiger partial charge in [-0.3, -0.25) is 4.79 Å². The number of halogens is 2. The molecule has 0 spiro atoms. The molecule has 0 aliphatic rings. The minimum atomic E-state index is -0.389. The summed E-state index contributed by atoms with van der Waals surface area (Å²) in [6, 6.07) is 11.6. The molecule has 0 saturated carbocycles. The zero-order valence-electron chi connectivity index (χ0n) is 11.6. The van der Waals surface area contributed by atoms with Gasteiger partial charge in [0.2, 0.25) is 5.91 Å². The predicted molar refractivity (Wildman–Crippen MR) is 86.6 cm³/mol. The van der Waals surface area contributed by atoms with Crippen LogP contribution in [-0.4, -0.2) is 5.91 Å². The molecule has 2 aromatic carbocycles. The van der Waals surface area contributed by atoms with Crippen LogP contribution in [0.2, 0.25) is 0 Å². The number of rotatable bonds is 4. The fourth-order valence-corrected chi connectivity index (χ4v) is 2.36. The smallest absolute Gasteiger partial charge is 0.225 e. The van der Waals surface area contributed by atoms with Crippen molar-refractivity contribution >= 4 is 33.2 Å². The number of carbonyl (C=O) groups excluding carboxylic acids is 1. The first-order valence-electron chi connectivity index (χ1n) is 6.56. The minimum absolute atomic E-state index is 0.0536. The van der Waals surface area contributed by atoms with E-state index in [-0.39, 0.29) is 17.6 Å². The van der Waals surface area contributed by atoms with Gasteiger partial charge in [0, 0.05) is 16.6 Å². The standard InChI is InChI=1S/C16H16BrFN2O/c1-10(11-2-5-13(19)6-3-11)8-16(21)20-15-9-12(18)4-7-14(15)17/h2-7,9-10H,8,19H2,1H3,(H,20,21). The van der Waals surface area contributed by atoms with Crippen LogP contribution in [0.4, 0.5) is 15.8 Å². The van der Waals surface area contributed by atoms with E-state index in [1.807, 2.05) is 31.2 Å². The summed E-state index contributed by atoms with van der Waals surface area (Å²) in [6.07, 6.45) is 0.312. The highest BCUT2D eigenvalue weighted by Gasteiger charge is 2.13. The maximum Gasteiger partial charge on any atom is 0.225 e. The summed E-state index contributed by atoms with van der Waals surface area (Å²) < 4.78 is 13.8. The summed E-state index contributed by atoms with van der Waals surface area (Å²) in [5.41, 5.74) is 7.81. The number of hydrogen-bond acceptors (Lipinski definition) is 2. The average molecular weight is 351 g/mol. The molecule has 21 heavy (non-hydrogen) atoms. The number of nitrogens with one attached hydrogen (secondary N) is 1. The van der Waals surface area contributed by atoms with E-state index in [1.54, 1.807) is 6.07 Å². The van der Waals surface area contributed by atoms with Crippen molar-refractivity contribution in [1.82, 2.24) is 0 Å². The minimum Gasteiger partial charge on any atom is -0.399 e. The Bertz CT molecular complexity index is 643. The monoisotopic (exact) mass is 350 g/mol. The number of hydrogen-bond donors (Lipinski definition) is 2. The highest BCUT2D eigenvalue weighted by Crippen LogP contribution is 2.25. The Morgan fingerprint density at radius 2 is 1.95 bits per heavy atom. The summed E-state index contributed by atoms with van der Waals surface area (Å²) in [5, 5.41) is 2.71. The molecule has 1 amide bonds. The van der Waals surface area contributed by atoms with Crippen molar-refractivity contribution in [2.75, 3.05) is 11.1 Å². The summed E-state index contributed by atoms with van der Waals surface area (Å²) >= 11 is 3.28. The van der Waals surface area contributed by atoms with Gasteiger partial charge < -0.3 is 11.1 Å². The first-order valence-corrected chi connectivity index (χ1v) is 7.35. The van der Waals surface area contributed by atoms with Gasteiger partial charge in [0.1, 0.15) is 5.82 Å². The molecule has 3 nitrogen and oxygen atoms in total. The molecule has 0 saturated heterocycles. The van der Waals surface area contributed by atoms with E-state index >= 15 is 0 Å². The lowest BCUT2D eigenvalue weighted by atomic mass is 9.97. The van der Waals surface area contributed by atoms with Crippen molar-refractivity contribution in [3.8, 4) is 0 Å². The van der Waals surface area contributed by atoms with Gasteiger partial charge in [0.05, 0.1) is 5.69 Å². The average Bonchev–Trinajstić information content (AvgIpc) is 2.43. The van der Waals surface area contributed by atoms with Gasteiger partial charge in [0.25, 0.3) is 0 Å². The Morgan fingerprint density at radius 1 is 1.29 bits per heavy atom. The predicted octanol–water partition coefficient (Wildman–Crippen LogP) is 4.30. The zero-order valence-corrected chi connectivity index (χ0v) is 13.2. The topological polar surface area (TPSA) is 55.1 Å². The van der Waals surface area contributed by atoms with Crippen molar-refractivity contribution < 1.29 is 9.18 Å². The Kier molecular flexibility index (Phi) is 4.96. The highest BCUT2D eigenvalue weighted by atomic mass is 79.9. The molecular formula is C16H16BrFN2O. The largest absolute Gasteiger partial charge is 0.399 e. The molecule has 1 unspecified atom stereocenters. The number of anilines is 2. The van der Waals surface area contributed by atoms with E-state index in [0.717, 1.165) is 5.56 Å². The number of amides is 1. The second-order valence-electron chi connectivity index (χ2n) is 4.94. The molecule has 3 N–H and O–H groups in total. The highest BCUT2D eigenvalue weighted by molar-refractivity contribution is 9.10. The molecular weight excluding hydrogens is 335 g/mol. The van der Waals surface area contributed by atoms with E-state index < -0.39 is 0 Å². The van der Waals surface area contributed by atoms with E-state index in [9.17, 15) is 9.18 Å². The third-order valence-corrected chi connectivity index (χ3v) is 3.89. The summed E-state index contributed by atoms with van der Waals surface area (Å²) in [7, 11) is 0. The van der Waals surface area contributed by atoms with Crippen LogP contribution in [0.1, 0.15) is 24.8 Å². The van der Waals surface area contributed by atoms with Crippen LogP contribution in [0.15, 0.2) is 46.9 Å². The number of benzene rings is 2. The lowest BCUT2D eigenvalue weighted by Gasteiger charge is -2.13. The Labute approximate surface area is 131 Å². The molecule has 5 heteroatoms. The molecule has 0 aromatic heterocycles. The van der Waals surface area contributed by atoms with Crippen molar-refractivity contribution in [1.29, 1.82) is 0 Å². The molecule has 0 aliphatic carbocycles. The quantitative estimate of drug-likeness (QED) is 0.807. The second-order valence-corrected chi connectivity index (χ2v) is 5.80. The summed E-state index contributed by atoms with van der Waals surface area (Å²) in [5.74, 6) is -0.497. The molecule has 110 valence electrons. The maximum atomic E-state index is 13.2. The normalized spacial score (nSPS) is 12.0. The lowest BCUT2D eigenvalue weighted by Crippen LogP contribution is -2.15. The van der Waals surface area contributed by atoms with Crippen molar-refractivity contribution in [2.45, 2.75) is 19.3 Å². The first-order chi connectivity index (χ1) is 9.95. The number of carbonyl (C=O) groups is 1. The molecule has 0 radical (unpaired) electrons. The Morgan fingerprint density at radius 3 is 2.62 bits per heavy atom. The van der Waals surface area contributed by atoms with Gasteiger partial charge in [-0.25, -0.2) is 4.39 Å². The van der Waals surface area contributed by atoms with Crippen molar-refractivity contribution in [2.24, 2.45) is 0 Å². The van der Waals surface area contributed by atoms with Crippen LogP contribution in [0.25, 0.3) is 0 Å². The van der Waals surface area contributed by atoms with Gasteiger partial charge in [-0.15, -0.1) is 0 Å². The Hall–Kier alpha value is -1.88. The first kappa shape index (κ1) is 15.5. The van der Waals surface area contributed by atoms with E-state index in [4.69, 9.17) is 5.73 Å². The third kappa shape index (κ3) is 4.29. The van der Waals surface area contributed by atoms with Gasteiger partial charge >= 0.3 is 0 Å². The second kappa shape index (κ2) is 6.72. The summed E-state index contributed by atoms with van der Waals surface area (Å²) in [4.78, 5) is 12.0. The number of nitrogens with two attached hydrogens (primary N) is 1. The van der Waals surface area contributed by atoms with Gasteiger partial charge in [-0.05, 0) is 57.7 Å². The zero-order chi connectivity index (χ0) is 15.4. The van der Waals surface area contributed by atoms with Gasteiger partial charge in [-0.1, -0.05) is 19.1 Å². The third-order valence-electron chi connectivity index (χ3n) is 3.20. The van der Waals surface area contributed by atoms with Gasteiger partial charge in [0.15, 0.2) is 0 Å². The van der Waals surface area contributed by atoms with Crippen LogP contribution < -0.4 is 11.1 Å². The van der Waals surface area contributed by atoms with E-state index in [2.05, 4.69) is 21.2 Å². The SMILES string of the molecule is CC(CC(=O)Nc1cc(F)ccc1Br)c1ccc(N)cc1. The molecule has 2 rings (SSSR count). The molecule has 1 atom stereocenters. The molecule has 0 fully saturated rings. The fraction of sp³-hybridized carbons (Fsp3) is 0.188. The molecule has 2 aromatic rings. The molecule has 0 aliphatic heterocycles.